The van der Waals surface area contributed by atoms with Gasteiger partial charge in [0.2, 0.25) is 23.0 Å². The van der Waals surface area contributed by atoms with Crippen molar-refractivity contribution in [1.82, 2.24) is 10.6 Å². The first-order valence-electron chi connectivity index (χ1n) is 15.1. The van der Waals surface area contributed by atoms with Gasteiger partial charge in [-0.15, -0.1) is 0 Å². The van der Waals surface area contributed by atoms with E-state index < -0.39 is 18.1 Å². The van der Waals surface area contributed by atoms with Crippen LogP contribution in [0.5, 0.6) is 17.2 Å². The van der Waals surface area contributed by atoms with Gasteiger partial charge >= 0.3 is 5.97 Å². The first-order valence-corrected chi connectivity index (χ1v) is 15.1. The zero-order valence-corrected chi connectivity index (χ0v) is 26.9. The van der Waals surface area contributed by atoms with Gasteiger partial charge in [0.25, 0.3) is 0 Å². The molecule has 0 radical (unpaired) electrons. The summed E-state index contributed by atoms with van der Waals surface area (Å²) < 4.78 is 21.9. The molecule has 3 aromatic carbocycles. The first-order chi connectivity index (χ1) is 22.2. The standard InChI is InChI=1S/C35H41N3O8/c1-21(39)37-26-15-13-23-19-30(43-2)33(44-3)34(45-4)32(23)24-14-16-27(29(40)20-25(24)26)36-17-9-12-31(41)38-28(35(42)46-5)18-22-10-7-6-8-11-22/h6-8,10-11,14,16,19-20,26,28H,9,12-13,15,17-18H2,1-5H3,(H,36,40)(H,37,39)(H,38,41)/t26-,28-/m1/s1. The number of amides is 2. The van der Waals surface area contributed by atoms with Crippen molar-refractivity contribution in [1.29, 1.82) is 0 Å². The van der Waals surface area contributed by atoms with E-state index >= 15 is 0 Å². The molecule has 1 aliphatic rings. The molecule has 0 unspecified atom stereocenters. The number of carbonyl (C=O) groups excluding carboxylic acids is 3. The number of esters is 1. The SMILES string of the molecule is COC(=O)[C@@H](Cc1ccccc1)NC(=O)CCCNc1ccc2c(cc1=O)[C@H](NC(C)=O)CCc1cc(OC)c(OC)c(OC)c1-2. The average molecular weight is 632 g/mol. The molecule has 0 fully saturated rings. The number of rotatable bonds is 13. The second-order valence-electron chi connectivity index (χ2n) is 11.0. The Labute approximate surface area is 268 Å². The maximum atomic E-state index is 13.5. The second kappa shape index (κ2) is 15.8. The van der Waals surface area contributed by atoms with Crippen molar-refractivity contribution in [2.24, 2.45) is 0 Å². The summed E-state index contributed by atoms with van der Waals surface area (Å²) in [5.74, 6) is 0.390. The number of aryl methyl sites for hydroxylation is 1. The van der Waals surface area contributed by atoms with Gasteiger partial charge in [-0.1, -0.05) is 36.4 Å². The van der Waals surface area contributed by atoms with Crippen LogP contribution < -0.4 is 35.6 Å². The molecular weight excluding hydrogens is 590 g/mol. The summed E-state index contributed by atoms with van der Waals surface area (Å²) >= 11 is 0. The van der Waals surface area contributed by atoms with E-state index in [1.54, 1.807) is 26.4 Å². The number of fused-ring (bicyclic) bond motifs is 3. The van der Waals surface area contributed by atoms with Crippen LogP contribution in [-0.4, -0.2) is 58.8 Å². The Hall–Kier alpha value is -5.06. The van der Waals surface area contributed by atoms with Crippen molar-refractivity contribution in [2.75, 3.05) is 40.3 Å². The van der Waals surface area contributed by atoms with Crippen LogP contribution in [0.3, 0.4) is 0 Å². The molecule has 4 rings (SSSR count). The molecule has 0 saturated carbocycles. The van der Waals surface area contributed by atoms with Crippen LogP contribution in [0.25, 0.3) is 11.1 Å². The Bertz CT molecular complexity index is 1630. The number of nitrogens with one attached hydrogen (secondary N) is 3. The fourth-order valence-electron chi connectivity index (χ4n) is 5.78. The van der Waals surface area contributed by atoms with Gasteiger partial charge in [0.1, 0.15) is 6.04 Å². The number of anilines is 1. The van der Waals surface area contributed by atoms with Crippen LogP contribution in [0.2, 0.25) is 0 Å². The van der Waals surface area contributed by atoms with Crippen molar-refractivity contribution < 1.29 is 33.3 Å². The lowest BCUT2D eigenvalue weighted by atomic mass is 9.95. The van der Waals surface area contributed by atoms with Gasteiger partial charge in [-0.25, -0.2) is 4.79 Å². The molecule has 244 valence electrons. The molecule has 11 heteroatoms. The molecule has 0 spiro atoms. The van der Waals surface area contributed by atoms with Crippen LogP contribution in [-0.2, 0) is 32.0 Å². The maximum absolute atomic E-state index is 13.5. The number of carbonyl (C=O) groups is 3. The molecule has 46 heavy (non-hydrogen) atoms. The quantitative estimate of drug-likeness (QED) is 0.189. The van der Waals surface area contributed by atoms with Crippen molar-refractivity contribution in [3.8, 4) is 28.4 Å². The van der Waals surface area contributed by atoms with Crippen molar-refractivity contribution >= 4 is 23.5 Å². The van der Waals surface area contributed by atoms with E-state index in [2.05, 4.69) is 16.0 Å². The highest BCUT2D eigenvalue weighted by Crippen LogP contribution is 2.50. The van der Waals surface area contributed by atoms with Crippen LogP contribution in [0.1, 0.15) is 48.9 Å². The molecule has 2 atom stereocenters. The minimum atomic E-state index is -0.806. The fourth-order valence-corrected chi connectivity index (χ4v) is 5.78. The summed E-state index contributed by atoms with van der Waals surface area (Å²) in [6.45, 7) is 1.78. The van der Waals surface area contributed by atoms with E-state index in [-0.39, 0.29) is 23.7 Å². The Balaban J connectivity index is 1.55. The third kappa shape index (κ3) is 7.96. The summed E-state index contributed by atoms with van der Waals surface area (Å²) in [5.41, 5.74) is 4.05. The molecule has 2 amide bonds. The lowest BCUT2D eigenvalue weighted by molar-refractivity contribution is -0.145. The minimum absolute atomic E-state index is 0.135. The highest BCUT2D eigenvalue weighted by atomic mass is 16.5. The number of benzene rings is 2. The lowest BCUT2D eigenvalue weighted by Gasteiger charge is -2.19. The van der Waals surface area contributed by atoms with Gasteiger partial charge in [0.15, 0.2) is 11.5 Å². The second-order valence-corrected chi connectivity index (χ2v) is 11.0. The lowest BCUT2D eigenvalue weighted by Crippen LogP contribution is -2.43. The Morgan fingerprint density at radius 2 is 1.67 bits per heavy atom. The molecule has 3 aromatic rings. The first kappa shape index (κ1) is 33.8. The van der Waals surface area contributed by atoms with E-state index in [0.717, 1.165) is 22.3 Å². The Morgan fingerprint density at radius 3 is 2.33 bits per heavy atom. The monoisotopic (exact) mass is 631 g/mol. The van der Waals surface area contributed by atoms with Gasteiger partial charge in [-0.2, -0.15) is 0 Å². The molecule has 0 aliphatic heterocycles. The van der Waals surface area contributed by atoms with E-state index in [4.69, 9.17) is 18.9 Å². The number of hydrogen-bond acceptors (Lipinski definition) is 9. The van der Waals surface area contributed by atoms with Gasteiger partial charge in [-0.05, 0) is 59.7 Å². The molecule has 0 saturated heterocycles. The normalized spacial score (nSPS) is 14.0. The number of hydrogen-bond donors (Lipinski definition) is 3. The smallest absolute Gasteiger partial charge is 0.328 e. The third-order valence-electron chi connectivity index (χ3n) is 7.92. The van der Waals surface area contributed by atoms with Crippen molar-refractivity contribution in [3.63, 3.8) is 0 Å². The largest absolute Gasteiger partial charge is 0.493 e. The van der Waals surface area contributed by atoms with Crippen molar-refractivity contribution in [2.45, 2.75) is 51.1 Å². The summed E-state index contributed by atoms with van der Waals surface area (Å²) in [6.07, 6.45) is 2.00. The molecule has 3 N–H and O–H groups in total. The van der Waals surface area contributed by atoms with Gasteiger partial charge in [0, 0.05) is 31.9 Å². The van der Waals surface area contributed by atoms with Crippen LogP contribution in [0.15, 0.2) is 59.4 Å². The molecule has 1 aliphatic carbocycles. The Morgan fingerprint density at radius 1 is 0.935 bits per heavy atom. The van der Waals surface area contributed by atoms with Crippen molar-refractivity contribution in [3.05, 3.63) is 81.5 Å². The zero-order chi connectivity index (χ0) is 33.2. The van der Waals surface area contributed by atoms with Gasteiger partial charge in [0.05, 0.1) is 40.2 Å². The van der Waals surface area contributed by atoms with Gasteiger partial charge < -0.3 is 34.9 Å². The number of methoxy groups -OCH3 is 4. The predicted octanol–water partition coefficient (Wildman–Crippen LogP) is 3.96. The van der Waals surface area contributed by atoms with E-state index in [1.165, 1.54) is 21.1 Å². The molecule has 11 nitrogen and oxygen atoms in total. The molecule has 0 bridgehead atoms. The average Bonchev–Trinajstić information content (AvgIpc) is 3.29. The van der Waals surface area contributed by atoms with Crippen LogP contribution in [0, 0.1) is 0 Å². The highest BCUT2D eigenvalue weighted by Gasteiger charge is 2.29. The molecule has 0 heterocycles. The topological polar surface area (TPSA) is 141 Å². The van der Waals surface area contributed by atoms with Crippen LogP contribution in [0.4, 0.5) is 5.69 Å². The molecule has 0 aromatic heterocycles. The summed E-state index contributed by atoms with van der Waals surface area (Å²) in [7, 11) is 5.93. The zero-order valence-electron chi connectivity index (χ0n) is 26.9. The van der Waals surface area contributed by atoms with E-state index in [1.807, 2.05) is 42.5 Å². The van der Waals surface area contributed by atoms with E-state index in [0.29, 0.717) is 60.7 Å². The minimum Gasteiger partial charge on any atom is -0.493 e. The third-order valence-corrected chi connectivity index (χ3v) is 7.92. The predicted molar refractivity (Wildman–Crippen MR) is 174 cm³/mol. The molecular formula is C35H41N3O8. The van der Waals surface area contributed by atoms with E-state index in [9.17, 15) is 19.2 Å². The number of ether oxygens (including phenoxy) is 4. The summed E-state index contributed by atoms with van der Waals surface area (Å²) in [4.78, 5) is 50.7. The maximum Gasteiger partial charge on any atom is 0.328 e. The van der Waals surface area contributed by atoms with Crippen LogP contribution >= 0.6 is 0 Å². The Kier molecular flexibility index (Phi) is 11.6. The summed E-state index contributed by atoms with van der Waals surface area (Å²) in [6, 6.07) is 15.1. The highest BCUT2D eigenvalue weighted by molar-refractivity contribution is 5.85. The fraction of sp³-hybridized carbons (Fsp3) is 0.371. The van der Waals surface area contributed by atoms with Gasteiger partial charge in [-0.3, -0.25) is 14.4 Å². The summed E-state index contributed by atoms with van der Waals surface area (Å²) in [5, 5.41) is 8.92.